The number of sulfonamides is 1. The zero-order chi connectivity index (χ0) is 16.3. The molecule has 0 radical (unpaired) electrons. The molecular formula is C14H21N3O4S. The molecule has 3 N–H and O–H groups in total. The Labute approximate surface area is 130 Å². The Morgan fingerprint density at radius 2 is 2.09 bits per heavy atom. The summed E-state index contributed by atoms with van der Waals surface area (Å²) in [6.07, 6.45) is 0.110. The van der Waals surface area contributed by atoms with Gasteiger partial charge in [0.1, 0.15) is 11.4 Å². The third-order valence-electron chi connectivity index (χ3n) is 3.45. The molecular weight excluding hydrogens is 306 g/mol. The minimum absolute atomic E-state index is 0.110. The highest BCUT2D eigenvalue weighted by molar-refractivity contribution is 7.93. The lowest BCUT2D eigenvalue weighted by atomic mass is 10.1. The summed E-state index contributed by atoms with van der Waals surface area (Å²) in [7, 11) is -3.66. The predicted octanol–water partition coefficient (Wildman–Crippen LogP) is 0.801. The van der Waals surface area contributed by atoms with Crippen LogP contribution in [0.25, 0.3) is 0 Å². The molecule has 0 bridgehead atoms. The Bertz CT molecular complexity index is 660. The van der Waals surface area contributed by atoms with Gasteiger partial charge in [0.2, 0.25) is 10.0 Å². The van der Waals surface area contributed by atoms with Crippen LogP contribution >= 0.6 is 0 Å². The van der Waals surface area contributed by atoms with E-state index in [2.05, 4.69) is 15.6 Å². The Hall–Kier alpha value is -1.64. The van der Waals surface area contributed by atoms with Crippen LogP contribution < -0.4 is 15.6 Å². The molecule has 2 unspecified atom stereocenters. The fourth-order valence-corrected chi connectivity index (χ4v) is 3.63. The second-order valence-electron chi connectivity index (χ2n) is 5.28. The maximum Gasteiger partial charge on any atom is 0.324 e. The molecule has 0 amide bonds. The van der Waals surface area contributed by atoms with Crippen LogP contribution in [0.1, 0.15) is 24.5 Å². The smallest absolute Gasteiger partial charge is 0.324 e. The van der Waals surface area contributed by atoms with Crippen LogP contribution in [0, 0.1) is 13.8 Å². The summed E-state index contributed by atoms with van der Waals surface area (Å²) in [5.41, 5.74) is 7.74. The number of carbonyl (C=O) groups is 1. The van der Waals surface area contributed by atoms with Gasteiger partial charge in [0.05, 0.1) is 12.3 Å². The maximum atomic E-state index is 12.4. The van der Waals surface area contributed by atoms with E-state index in [0.29, 0.717) is 5.69 Å². The third-order valence-corrected chi connectivity index (χ3v) is 5.01. The minimum Gasteiger partial charge on any atom is -0.465 e. The van der Waals surface area contributed by atoms with Crippen molar-refractivity contribution in [2.45, 2.75) is 38.6 Å². The summed E-state index contributed by atoms with van der Waals surface area (Å²) in [5.74, 6) is -0.459. The molecule has 1 aromatic rings. The van der Waals surface area contributed by atoms with Crippen molar-refractivity contribution in [3.05, 3.63) is 29.3 Å². The number of hydrazine groups is 1. The number of ether oxygens (including phenoxy) is 1. The highest BCUT2D eigenvalue weighted by Gasteiger charge is 2.38. The van der Waals surface area contributed by atoms with E-state index in [1.807, 2.05) is 26.0 Å². The van der Waals surface area contributed by atoms with Crippen LogP contribution in [0.5, 0.6) is 0 Å². The van der Waals surface area contributed by atoms with Crippen LogP contribution in [0.3, 0.4) is 0 Å². The van der Waals surface area contributed by atoms with Gasteiger partial charge in [0.25, 0.3) is 0 Å². The van der Waals surface area contributed by atoms with Crippen molar-refractivity contribution in [1.29, 1.82) is 0 Å². The van der Waals surface area contributed by atoms with E-state index in [0.717, 1.165) is 11.1 Å². The van der Waals surface area contributed by atoms with Crippen LogP contribution in [0.15, 0.2) is 18.2 Å². The number of aryl methyl sites for hydroxylation is 2. The van der Waals surface area contributed by atoms with Gasteiger partial charge in [0, 0.05) is 6.42 Å². The van der Waals surface area contributed by atoms with Gasteiger partial charge in [-0.25, -0.2) is 19.3 Å². The Balaban J connectivity index is 2.07. The monoisotopic (exact) mass is 327 g/mol. The van der Waals surface area contributed by atoms with Crippen molar-refractivity contribution in [3.63, 3.8) is 0 Å². The SMILES string of the molecule is CCOC(=O)C1CC(S(=O)(=O)Nc2ccc(C)cc2C)NN1. The van der Waals surface area contributed by atoms with Crippen molar-refractivity contribution < 1.29 is 17.9 Å². The second kappa shape index (κ2) is 6.64. The van der Waals surface area contributed by atoms with E-state index in [1.165, 1.54) is 0 Å². The average Bonchev–Trinajstić information content (AvgIpc) is 2.93. The summed E-state index contributed by atoms with van der Waals surface area (Å²) in [6.45, 7) is 5.75. The zero-order valence-corrected chi connectivity index (χ0v) is 13.7. The van der Waals surface area contributed by atoms with Crippen molar-refractivity contribution in [2.75, 3.05) is 11.3 Å². The molecule has 22 heavy (non-hydrogen) atoms. The third kappa shape index (κ3) is 3.76. The van der Waals surface area contributed by atoms with Crippen molar-refractivity contribution in [3.8, 4) is 0 Å². The standard InChI is InChI=1S/C14H21N3O4S/c1-4-21-14(18)12-8-13(16-15-12)22(19,20)17-11-6-5-9(2)7-10(11)3/h5-7,12-13,15-17H,4,8H2,1-3H3. The first kappa shape index (κ1) is 16.7. The number of carbonyl (C=O) groups excluding carboxylic acids is 1. The van der Waals surface area contributed by atoms with Crippen molar-refractivity contribution >= 4 is 21.7 Å². The molecule has 0 aliphatic carbocycles. The molecule has 1 heterocycles. The van der Waals surface area contributed by atoms with Crippen LogP contribution in [0.4, 0.5) is 5.69 Å². The molecule has 1 aliphatic rings. The first-order valence-corrected chi connectivity index (χ1v) is 8.64. The molecule has 1 aliphatic heterocycles. The second-order valence-corrected chi connectivity index (χ2v) is 7.15. The number of nitrogens with one attached hydrogen (secondary N) is 3. The summed E-state index contributed by atoms with van der Waals surface area (Å²) >= 11 is 0. The quantitative estimate of drug-likeness (QED) is 0.692. The minimum atomic E-state index is -3.66. The molecule has 0 saturated carbocycles. The number of anilines is 1. The highest BCUT2D eigenvalue weighted by Crippen LogP contribution is 2.20. The summed E-state index contributed by atoms with van der Waals surface area (Å²) < 4.78 is 32.2. The van der Waals surface area contributed by atoms with E-state index in [9.17, 15) is 13.2 Å². The lowest BCUT2D eigenvalue weighted by Crippen LogP contribution is -2.41. The number of benzene rings is 1. The Kier molecular flexibility index (Phi) is 5.05. The Morgan fingerprint density at radius 3 is 2.73 bits per heavy atom. The van der Waals surface area contributed by atoms with E-state index in [1.54, 1.807) is 13.0 Å². The molecule has 2 rings (SSSR count). The number of rotatable bonds is 5. The van der Waals surface area contributed by atoms with Crippen LogP contribution in [-0.2, 0) is 19.6 Å². The molecule has 1 aromatic carbocycles. The van der Waals surface area contributed by atoms with Gasteiger partial charge in [-0.2, -0.15) is 0 Å². The van der Waals surface area contributed by atoms with Gasteiger partial charge in [0.15, 0.2) is 0 Å². The van der Waals surface area contributed by atoms with Gasteiger partial charge in [-0.15, -0.1) is 0 Å². The number of hydrogen-bond donors (Lipinski definition) is 3. The lowest BCUT2D eigenvalue weighted by molar-refractivity contribution is -0.145. The van der Waals surface area contributed by atoms with Crippen molar-refractivity contribution in [2.24, 2.45) is 0 Å². The summed E-state index contributed by atoms with van der Waals surface area (Å²) in [4.78, 5) is 11.6. The molecule has 1 saturated heterocycles. The normalized spacial score (nSPS) is 21.6. The van der Waals surface area contributed by atoms with E-state index < -0.39 is 27.4 Å². The molecule has 122 valence electrons. The van der Waals surface area contributed by atoms with Crippen LogP contribution in [0.2, 0.25) is 0 Å². The number of hydrogen-bond acceptors (Lipinski definition) is 6. The molecule has 1 fully saturated rings. The molecule has 2 atom stereocenters. The van der Waals surface area contributed by atoms with E-state index in [4.69, 9.17) is 4.74 Å². The molecule has 0 aromatic heterocycles. The van der Waals surface area contributed by atoms with Gasteiger partial charge in [-0.3, -0.25) is 9.52 Å². The van der Waals surface area contributed by atoms with Gasteiger partial charge in [-0.1, -0.05) is 17.7 Å². The fourth-order valence-electron chi connectivity index (χ4n) is 2.28. The molecule has 7 nitrogen and oxygen atoms in total. The molecule has 0 spiro atoms. The summed E-state index contributed by atoms with van der Waals surface area (Å²) in [6, 6.07) is 4.81. The predicted molar refractivity (Wildman–Crippen MR) is 83.6 cm³/mol. The summed E-state index contributed by atoms with van der Waals surface area (Å²) in [5, 5.41) is -0.900. The van der Waals surface area contributed by atoms with E-state index in [-0.39, 0.29) is 13.0 Å². The lowest BCUT2D eigenvalue weighted by Gasteiger charge is -2.15. The first-order valence-electron chi connectivity index (χ1n) is 7.10. The van der Waals surface area contributed by atoms with Gasteiger partial charge < -0.3 is 4.74 Å². The highest BCUT2D eigenvalue weighted by atomic mass is 32.2. The van der Waals surface area contributed by atoms with Crippen molar-refractivity contribution in [1.82, 2.24) is 10.9 Å². The topological polar surface area (TPSA) is 96.5 Å². The van der Waals surface area contributed by atoms with E-state index >= 15 is 0 Å². The first-order chi connectivity index (χ1) is 10.3. The maximum absolute atomic E-state index is 12.4. The largest absolute Gasteiger partial charge is 0.465 e. The van der Waals surface area contributed by atoms with Crippen LogP contribution in [-0.4, -0.2) is 32.4 Å². The van der Waals surface area contributed by atoms with Gasteiger partial charge in [-0.05, 0) is 32.4 Å². The molecule has 8 heteroatoms. The average molecular weight is 327 g/mol. The fraction of sp³-hybridized carbons (Fsp3) is 0.500. The number of esters is 1. The Morgan fingerprint density at radius 1 is 1.36 bits per heavy atom. The zero-order valence-electron chi connectivity index (χ0n) is 12.8. The van der Waals surface area contributed by atoms with Gasteiger partial charge >= 0.3 is 5.97 Å².